The molecule has 0 spiro atoms. The van der Waals surface area contributed by atoms with E-state index in [1.807, 2.05) is 13.0 Å². The summed E-state index contributed by atoms with van der Waals surface area (Å²) in [6.07, 6.45) is 0. The molecule has 0 amide bonds. The van der Waals surface area contributed by atoms with Crippen molar-refractivity contribution in [3.8, 4) is 0 Å². The molecule has 1 rings (SSSR count). The number of aromatic nitrogens is 1. The molecule has 0 saturated heterocycles. The Morgan fingerprint density at radius 2 is 1.65 bits per heavy atom. The van der Waals surface area contributed by atoms with Crippen LogP contribution in [0.1, 0.15) is 11.3 Å². The molecule has 4 nitrogen and oxygen atoms in total. The molecule has 0 saturated carbocycles. The van der Waals surface area contributed by atoms with Crippen molar-refractivity contribution in [1.29, 1.82) is 0 Å². The van der Waals surface area contributed by atoms with Gasteiger partial charge < -0.3 is 14.4 Å². The third-order valence-electron chi connectivity index (χ3n) is 2.79. The highest BCUT2D eigenvalue weighted by Gasteiger charge is 2.08. The van der Waals surface area contributed by atoms with Crippen molar-refractivity contribution in [1.82, 2.24) is 4.98 Å². The van der Waals surface area contributed by atoms with Crippen LogP contribution in [0.5, 0.6) is 0 Å². The van der Waals surface area contributed by atoms with Crippen molar-refractivity contribution < 1.29 is 9.47 Å². The molecule has 0 aromatic carbocycles. The summed E-state index contributed by atoms with van der Waals surface area (Å²) in [4.78, 5) is 6.77. The van der Waals surface area contributed by atoms with E-state index in [-0.39, 0.29) is 0 Å². The molecule has 0 N–H and O–H groups in total. The number of ether oxygens (including phenoxy) is 2. The van der Waals surface area contributed by atoms with Gasteiger partial charge in [0.2, 0.25) is 0 Å². The average molecular weight is 238 g/mol. The van der Waals surface area contributed by atoms with Crippen LogP contribution >= 0.6 is 0 Å². The van der Waals surface area contributed by atoms with Crippen LogP contribution < -0.4 is 4.90 Å². The molecule has 0 radical (unpaired) electrons. The summed E-state index contributed by atoms with van der Waals surface area (Å²) < 4.78 is 10.2. The monoisotopic (exact) mass is 238 g/mol. The van der Waals surface area contributed by atoms with Crippen LogP contribution in [0.3, 0.4) is 0 Å². The molecule has 17 heavy (non-hydrogen) atoms. The molecule has 0 atom stereocenters. The van der Waals surface area contributed by atoms with Crippen LogP contribution in [0.2, 0.25) is 0 Å². The van der Waals surface area contributed by atoms with E-state index in [4.69, 9.17) is 9.47 Å². The molecular formula is C13H22N2O2. The first kappa shape index (κ1) is 13.9. The lowest BCUT2D eigenvalue weighted by Gasteiger charge is -2.23. The second-order valence-corrected chi connectivity index (χ2v) is 4.04. The third-order valence-corrected chi connectivity index (χ3v) is 2.79. The largest absolute Gasteiger partial charge is 0.383 e. The van der Waals surface area contributed by atoms with Gasteiger partial charge in [0.05, 0.1) is 13.2 Å². The fourth-order valence-electron chi connectivity index (χ4n) is 1.54. The number of nitrogens with zero attached hydrogens (tertiary/aromatic N) is 2. The van der Waals surface area contributed by atoms with E-state index in [2.05, 4.69) is 22.9 Å². The topological polar surface area (TPSA) is 34.6 Å². The Labute approximate surface area is 104 Å². The van der Waals surface area contributed by atoms with Crippen LogP contribution in [0.4, 0.5) is 5.82 Å². The lowest BCUT2D eigenvalue weighted by Crippen LogP contribution is -2.31. The molecule has 0 bridgehead atoms. The van der Waals surface area contributed by atoms with Gasteiger partial charge in [-0.25, -0.2) is 4.98 Å². The highest BCUT2D eigenvalue weighted by molar-refractivity contribution is 5.41. The second kappa shape index (κ2) is 7.25. The number of rotatable bonds is 7. The van der Waals surface area contributed by atoms with Gasteiger partial charge in [-0.15, -0.1) is 0 Å². The highest BCUT2D eigenvalue weighted by Crippen LogP contribution is 2.13. The molecule has 96 valence electrons. The van der Waals surface area contributed by atoms with Crippen molar-refractivity contribution in [3.63, 3.8) is 0 Å². The Bertz CT molecular complexity index is 334. The van der Waals surface area contributed by atoms with E-state index in [9.17, 15) is 0 Å². The molecule has 0 aliphatic heterocycles. The summed E-state index contributed by atoms with van der Waals surface area (Å²) in [6, 6.07) is 4.15. The SMILES string of the molecule is COCCN(CCOC)c1ccc(C)c(C)n1. The van der Waals surface area contributed by atoms with Gasteiger partial charge in [0.15, 0.2) is 0 Å². The number of hydrogen-bond donors (Lipinski definition) is 0. The maximum Gasteiger partial charge on any atom is 0.128 e. The number of anilines is 1. The average Bonchev–Trinajstić information content (AvgIpc) is 2.33. The summed E-state index contributed by atoms with van der Waals surface area (Å²) >= 11 is 0. The van der Waals surface area contributed by atoms with Crippen LogP contribution in [-0.4, -0.2) is 45.5 Å². The van der Waals surface area contributed by atoms with Crippen LogP contribution in [0, 0.1) is 13.8 Å². The van der Waals surface area contributed by atoms with Gasteiger partial charge in [0, 0.05) is 33.0 Å². The van der Waals surface area contributed by atoms with Gasteiger partial charge in [-0.2, -0.15) is 0 Å². The number of aryl methyl sites for hydroxylation is 2. The van der Waals surface area contributed by atoms with Gasteiger partial charge in [-0.1, -0.05) is 6.07 Å². The van der Waals surface area contributed by atoms with Crippen molar-refractivity contribution in [2.24, 2.45) is 0 Å². The first-order chi connectivity index (χ1) is 8.19. The zero-order valence-corrected chi connectivity index (χ0v) is 11.2. The minimum absolute atomic E-state index is 0.693. The predicted molar refractivity (Wildman–Crippen MR) is 69.7 cm³/mol. The molecule has 1 aromatic rings. The number of pyridine rings is 1. The molecule has 4 heteroatoms. The maximum absolute atomic E-state index is 5.12. The van der Waals surface area contributed by atoms with Gasteiger partial charge in [0.1, 0.15) is 5.82 Å². The van der Waals surface area contributed by atoms with E-state index in [1.165, 1.54) is 5.56 Å². The first-order valence-electron chi connectivity index (χ1n) is 5.86. The molecule has 0 unspecified atom stereocenters. The molecular weight excluding hydrogens is 216 g/mol. The smallest absolute Gasteiger partial charge is 0.128 e. The zero-order valence-electron chi connectivity index (χ0n) is 11.2. The van der Waals surface area contributed by atoms with Gasteiger partial charge in [-0.05, 0) is 25.5 Å². The third kappa shape index (κ3) is 4.32. The minimum atomic E-state index is 0.693. The van der Waals surface area contributed by atoms with E-state index >= 15 is 0 Å². The van der Waals surface area contributed by atoms with Crippen molar-refractivity contribution in [2.75, 3.05) is 45.4 Å². The summed E-state index contributed by atoms with van der Waals surface area (Å²) in [5, 5.41) is 0. The number of methoxy groups -OCH3 is 2. The standard InChI is InChI=1S/C13H22N2O2/c1-11-5-6-13(14-12(11)2)15(7-9-16-3)8-10-17-4/h5-6H,7-10H2,1-4H3. The van der Waals surface area contributed by atoms with Gasteiger partial charge in [-0.3, -0.25) is 0 Å². The zero-order chi connectivity index (χ0) is 12.7. The van der Waals surface area contributed by atoms with Crippen LogP contribution in [0.15, 0.2) is 12.1 Å². The summed E-state index contributed by atoms with van der Waals surface area (Å²) in [5.41, 5.74) is 2.29. The lowest BCUT2D eigenvalue weighted by molar-refractivity contribution is 0.190. The van der Waals surface area contributed by atoms with E-state index in [1.54, 1.807) is 14.2 Å². The van der Waals surface area contributed by atoms with E-state index in [0.29, 0.717) is 13.2 Å². The molecule has 0 aliphatic carbocycles. The Kier molecular flexibility index (Phi) is 5.94. The summed E-state index contributed by atoms with van der Waals surface area (Å²) in [6.45, 7) is 7.14. The van der Waals surface area contributed by atoms with Gasteiger partial charge in [0.25, 0.3) is 0 Å². The fraction of sp³-hybridized carbons (Fsp3) is 0.615. The Hall–Kier alpha value is -1.13. The Balaban J connectivity index is 2.75. The van der Waals surface area contributed by atoms with Crippen molar-refractivity contribution >= 4 is 5.82 Å². The van der Waals surface area contributed by atoms with E-state index in [0.717, 1.165) is 24.6 Å². The maximum atomic E-state index is 5.12. The first-order valence-corrected chi connectivity index (χ1v) is 5.86. The summed E-state index contributed by atoms with van der Waals surface area (Å²) in [5.74, 6) is 0.988. The molecule has 1 aromatic heterocycles. The highest BCUT2D eigenvalue weighted by atomic mass is 16.5. The molecule has 0 aliphatic rings. The molecule has 1 heterocycles. The quantitative estimate of drug-likeness (QED) is 0.725. The Morgan fingerprint density at radius 1 is 1.06 bits per heavy atom. The lowest BCUT2D eigenvalue weighted by atomic mass is 10.2. The minimum Gasteiger partial charge on any atom is -0.383 e. The Morgan fingerprint density at radius 3 is 2.12 bits per heavy atom. The molecule has 0 fully saturated rings. The van der Waals surface area contributed by atoms with Crippen LogP contribution in [-0.2, 0) is 9.47 Å². The van der Waals surface area contributed by atoms with Gasteiger partial charge >= 0.3 is 0 Å². The number of hydrogen-bond acceptors (Lipinski definition) is 4. The normalized spacial score (nSPS) is 10.6. The van der Waals surface area contributed by atoms with E-state index < -0.39 is 0 Å². The summed E-state index contributed by atoms with van der Waals surface area (Å²) in [7, 11) is 3.42. The predicted octanol–water partition coefficient (Wildman–Crippen LogP) is 1.80. The van der Waals surface area contributed by atoms with Crippen molar-refractivity contribution in [3.05, 3.63) is 23.4 Å². The van der Waals surface area contributed by atoms with Crippen molar-refractivity contribution in [2.45, 2.75) is 13.8 Å². The fourth-order valence-corrected chi connectivity index (χ4v) is 1.54. The van der Waals surface area contributed by atoms with Crippen LogP contribution in [0.25, 0.3) is 0 Å². The second-order valence-electron chi connectivity index (χ2n) is 4.04.